The Morgan fingerprint density at radius 3 is 2.67 bits per heavy atom. The summed E-state index contributed by atoms with van der Waals surface area (Å²) in [6, 6.07) is 2.17. The number of hydrogen-bond acceptors (Lipinski definition) is 5. The normalized spacial score (nSPS) is 11.9. The molecular weight excluding hydrogens is 366 g/mol. The number of thiophene rings is 1. The number of halogens is 1. The Labute approximate surface area is 143 Å². The second-order valence-electron chi connectivity index (χ2n) is 6.20. The third kappa shape index (κ3) is 5.06. The standard InChI is InChI=1S/C15H22BrN3S2/c1-10-13(7-17-15(2,3)4)21-14(18-10)19(5)8-12-6-11(16)9-20-12/h6,9,17H,7-8H2,1-5H3. The van der Waals surface area contributed by atoms with Crippen molar-refractivity contribution in [2.45, 2.75) is 46.3 Å². The summed E-state index contributed by atoms with van der Waals surface area (Å²) in [5, 5.41) is 6.74. The van der Waals surface area contributed by atoms with Crippen LogP contribution in [-0.2, 0) is 13.1 Å². The molecule has 2 aromatic heterocycles. The fraction of sp³-hybridized carbons (Fsp3) is 0.533. The van der Waals surface area contributed by atoms with Crippen molar-refractivity contribution >= 4 is 43.7 Å². The number of anilines is 1. The van der Waals surface area contributed by atoms with Crippen molar-refractivity contribution in [3.05, 3.63) is 31.4 Å². The molecule has 0 atom stereocenters. The summed E-state index contributed by atoms with van der Waals surface area (Å²) < 4.78 is 1.15. The molecule has 0 spiro atoms. The number of hydrogen-bond donors (Lipinski definition) is 1. The molecule has 0 amide bonds. The van der Waals surface area contributed by atoms with Crippen molar-refractivity contribution < 1.29 is 0 Å². The van der Waals surface area contributed by atoms with E-state index in [0.29, 0.717) is 0 Å². The second-order valence-corrected chi connectivity index (χ2v) is 9.17. The van der Waals surface area contributed by atoms with Crippen LogP contribution in [-0.4, -0.2) is 17.6 Å². The van der Waals surface area contributed by atoms with E-state index >= 15 is 0 Å². The van der Waals surface area contributed by atoms with E-state index in [0.717, 1.165) is 28.4 Å². The van der Waals surface area contributed by atoms with Gasteiger partial charge in [0.15, 0.2) is 5.13 Å². The second kappa shape index (κ2) is 6.77. The van der Waals surface area contributed by atoms with Gasteiger partial charge < -0.3 is 10.2 Å². The van der Waals surface area contributed by atoms with Gasteiger partial charge in [0, 0.05) is 38.7 Å². The van der Waals surface area contributed by atoms with Gasteiger partial charge in [0.1, 0.15) is 0 Å². The van der Waals surface area contributed by atoms with Gasteiger partial charge in [-0.25, -0.2) is 4.98 Å². The van der Waals surface area contributed by atoms with Crippen LogP contribution in [0.2, 0.25) is 0 Å². The fourth-order valence-corrected chi connectivity index (χ4v) is 4.29. The lowest BCUT2D eigenvalue weighted by atomic mass is 10.1. The first-order valence-electron chi connectivity index (χ1n) is 6.90. The Morgan fingerprint density at radius 1 is 1.38 bits per heavy atom. The van der Waals surface area contributed by atoms with E-state index < -0.39 is 0 Å². The van der Waals surface area contributed by atoms with E-state index in [1.54, 1.807) is 22.7 Å². The molecule has 0 saturated heterocycles. The number of nitrogens with one attached hydrogen (secondary N) is 1. The van der Waals surface area contributed by atoms with Gasteiger partial charge in [0.25, 0.3) is 0 Å². The molecule has 2 heterocycles. The SMILES string of the molecule is Cc1nc(N(C)Cc2cc(Br)cs2)sc1CNC(C)(C)C. The number of nitrogens with zero attached hydrogens (tertiary/aromatic N) is 2. The highest BCUT2D eigenvalue weighted by Crippen LogP contribution is 2.28. The quantitative estimate of drug-likeness (QED) is 0.798. The van der Waals surface area contributed by atoms with Crippen LogP contribution in [0.1, 0.15) is 36.2 Å². The number of rotatable bonds is 5. The molecule has 0 radical (unpaired) electrons. The van der Waals surface area contributed by atoms with Gasteiger partial charge in [-0.2, -0.15) is 0 Å². The summed E-state index contributed by atoms with van der Waals surface area (Å²) in [6.45, 7) is 10.4. The molecule has 0 aromatic carbocycles. The monoisotopic (exact) mass is 387 g/mol. The lowest BCUT2D eigenvalue weighted by molar-refractivity contribution is 0.425. The predicted octanol–water partition coefficient (Wildman–Crippen LogP) is 4.80. The maximum Gasteiger partial charge on any atom is 0.185 e. The molecule has 0 aliphatic heterocycles. The van der Waals surface area contributed by atoms with Gasteiger partial charge >= 0.3 is 0 Å². The molecule has 116 valence electrons. The molecule has 0 aliphatic carbocycles. The first-order valence-corrected chi connectivity index (χ1v) is 9.39. The average molecular weight is 388 g/mol. The Hall–Kier alpha value is -0.430. The molecule has 21 heavy (non-hydrogen) atoms. The number of thiazole rings is 1. The Bertz CT molecular complexity index is 598. The lowest BCUT2D eigenvalue weighted by Gasteiger charge is -2.20. The van der Waals surface area contributed by atoms with E-state index in [9.17, 15) is 0 Å². The van der Waals surface area contributed by atoms with Crippen LogP contribution in [0.3, 0.4) is 0 Å². The van der Waals surface area contributed by atoms with Crippen LogP contribution >= 0.6 is 38.6 Å². The Balaban J connectivity index is 2.03. The molecule has 0 aliphatic rings. The third-order valence-electron chi connectivity index (χ3n) is 3.00. The van der Waals surface area contributed by atoms with Gasteiger partial charge in [-0.3, -0.25) is 0 Å². The first kappa shape index (κ1) is 16.9. The molecular formula is C15H22BrN3S2. The minimum absolute atomic E-state index is 0.131. The molecule has 0 fully saturated rings. The third-order valence-corrected chi connectivity index (χ3v) is 5.96. The van der Waals surface area contributed by atoms with Crippen molar-refractivity contribution in [2.75, 3.05) is 11.9 Å². The van der Waals surface area contributed by atoms with Crippen molar-refractivity contribution in [3.63, 3.8) is 0 Å². The van der Waals surface area contributed by atoms with Gasteiger partial charge in [0.2, 0.25) is 0 Å². The molecule has 1 N–H and O–H groups in total. The average Bonchev–Trinajstić information content (AvgIpc) is 2.92. The summed E-state index contributed by atoms with van der Waals surface area (Å²) in [7, 11) is 2.10. The zero-order valence-corrected chi connectivity index (χ0v) is 16.4. The van der Waals surface area contributed by atoms with E-state index in [1.807, 2.05) is 0 Å². The minimum atomic E-state index is 0.131. The van der Waals surface area contributed by atoms with E-state index in [2.05, 4.69) is 72.3 Å². The summed E-state index contributed by atoms with van der Waals surface area (Å²) >= 11 is 7.06. The van der Waals surface area contributed by atoms with Crippen LogP contribution in [0.5, 0.6) is 0 Å². The largest absolute Gasteiger partial charge is 0.346 e. The molecule has 2 rings (SSSR count). The highest BCUT2D eigenvalue weighted by atomic mass is 79.9. The van der Waals surface area contributed by atoms with Crippen LogP contribution in [0.15, 0.2) is 15.9 Å². The van der Waals surface area contributed by atoms with E-state index in [4.69, 9.17) is 4.98 Å². The lowest BCUT2D eigenvalue weighted by Crippen LogP contribution is -2.34. The van der Waals surface area contributed by atoms with Crippen molar-refractivity contribution in [2.24, 2.45) is 0 Å². The minimum Gasteiger partial charge on any atom is -0.346 e. The summed E-state index contributed by atoms with van der Waals surface area (Å²) in [5.74, 6) is 0. The van der Waals surface area contributed by atoms with E-state index in [1.165, 1.54) is 9.75 Å². The number of aryl methyl sites for hydroxylation is 1. The number of aromatic nitrogens is 1. The smallest absolute Gasteiger partial charge is 0.185 e. The van der Waals surface area contributed by atoms with Crippen LogP contribution < -0.4 is 10.2 Å². The zero-order valence-electron chi connectivity index (χ0n) is 13.2. The Morgan fingerprint density at radius 2 is 2.10 bits per heavy atom. The summed E-state index contributed by atoms with van der Waals surface area (Å²) in [4.78, 5) is 9.59. The van der Waals surface area contributed by atoms with Crippen molar-refractivity contribution in [1.82, 2.24) is 10.3 Å². The molecule has 0 bridgehead atoms. The molecule has 2 aromatic rings. The molecule has 6 heteroatoms. The maximum absolute atomic E-state index is 4.71. The summed E-state index contributed by atoms with van der Waals surface area (Å²) in [6.07, 6.45) is 0. The molecule has 3 nitrogen and oxygen atoms in total. The van der Waals surface area contributed by atoms with Crippen LogP contribution in [0.4, 0.5) is 5.13 Å². The maximum atomic E-state index is 4.71. The van der Waals surface area contributed by atoms with Crippen molar-refractivity contribution in [1.29, 1.82) is 0 Å². The fourth-order valence-electron chi connectivity index (χ4n) is 1.82. The Kier molecular flexibility index (Phi) is 5.46. The first-order chi connectivity index (χ1) is 9.74. The summed E-state index contributed by atoms with van der Waals surface area (Å²) in [5.41, 5.74) is 1.26. The molecule has 0 unspecified atom stereocenters. The van der Waals surface area contributed by atoms with Gasteiger partial charge in [0.05, 0.1) is 12.2 Å². The van der Waals surface area contributed by atoms with Gasteiger partial charge in [-0.15, -0.1) is 22.7 Å². The van der Waals surface area contributed by atoms with Crippen LogP contribution in [0.25, 0.3) is 0 Å². The highest BCUT2D eigenvalue weighted by molar-refractivity contribution is 9.10. The van der Waals surface area contributed by atoms with Gasteiger partial charge in [-0.1, -0.05) is 0 Å². The predicted molar refractivity (Wildman–Crippen MR) is 97.6 cm³/mol. The van der Waals surface area contributed by atoms with Gasteiger partial charge in [-0.05, 0) is 49.7 Å². The highest BCUT2D eigenvalue weighted by Gasteiger charge is 2.15. The van der Waals surface area contributed by atoms with Crippen LogP contribution in [0, 0.1) is 6.92 Å². The van der Waals surface area contributed by atoms with E-state index in [-0.39, 0.29) is 5.54 Å². The zero-order chi connectivity index (χ0) is 15.6. The molecule has 0 saturated carbocycles. The van der Waals surface area contributed by atoms with Crippen molar-refractivity contribution in [3.8, 4) is 0 Å². The topological polar surface area (TPSA) is 28.2 Å².